The van der Waals surface area contributed by atoms with Gasteiger partial charge in [0.15, 0.2) is 0 Å². The molecule has 4 aromatic rings. The van der Waals surface area contributed by atoms with Crippen molar-refractivity contribution in [3.05, 3.63) is 126 Å². The molecule has 3 aromatic heterocycles. The van der Waals surface area contributed by atoms with Crippen molar-refractivity contribution in [1.82, 2.24) is 24.8 Å². The third kappa shape index (κ3) is 36.7. The van der Waals surface area contributed by atoms with Crippen LogP contribution in [0.1, 0.15) is 36.0 Å². The van der Waals surface area contributed by atoms with Crippen LogP contribution in [0.25, 0.3) is 0 Å². The molecule has 0 amide bonds. The molecule has 0 bridgehead atoms. The molecule has 0 aliphatic rings. The molecule has 6 nitrogen and oxygen atoms in total. The van der Waals surface area contributed by atoms with Gasteiger partial charge in [-0.3, -0.25) is 24.8 Å². The van der Waals surface area contributed by atoms with Gasteiger partial charge in [0, 0.05) is 57.9 Å². The number of benzene rings is 1. The first kappa shape index (κ1) is 48.1. The molecule has 0 saturated heterocycles. The van der Waals surface area contributed by atoms with Crippen molar-refractivity contribution >= 4 is 15.6 Å². The van der Waals surface area contributed by atoms with Gasteiger partial charge in [-0.2, -0.15) is 0 Å². The van der Waals surface area contributed by atoms with Crippen LogP contribution in [0, 0.1) is 0 Å². The molecule has 0 saturated carbocycles. The van der Waals surface area contributed by atoms with Crippen molar-refractivity contribution in [2.45, 2.75) is 39.5 Å². The Morgan fingerprint density at radius 2 is 0.765 bits per heavy atom. The third-order valence-electron chi connectivity index (χ3n) is 5.52. The van der Waals surface area contributed by atoms with Crippen molar-refractivity contribution in [3.8, 4) is 0 Å². The quantitative estimate of drug-likeness (QED) is 0.0805. The number of hydrogen-bond acceptors (Lipinski definition) is 6. The van der Waals surface area contributed by atoms with E-state index in [9.17, 15) is 55.5 Å². The molecule has 0 spiro atoms. The zero-order valence-corrected chi connectivity index (χ0v) is 29.8. The predicted octanol–water partition coefficient (Wildman–Crippen LogP) is 11.1. The largest absolute Gasteiger partial charge is 5.00 e. The van der Waals surface area contributed by atoms with Crippen molar-refractivity contribution in [1.29, 1.82) is 0 Å². The van der Waals surface area contributed by atoms with Gasteiger partial charge < -0.3 is 5.11 Å². The summed E-state index contributed by atoms with van der Waals surface area (Å²) in [5, 5.41) is 9.30. The van der Waals surface area contributed by atoms with Gasteiger partial charge in [0.25, 0.3) is 0 Å². The zero-order chi connectivity index (χ0) is 38.1. The fourth-order valence-corrected chi connectivity index (χ4v) is 3.71. The smallest absolute Gasteiger partial charge is 0.292 e. The van der Waals surface area contributed by atoms with Crippen molar-refractivity contribution in [3.63, 3.8) is 0 Å². The van der Waals surface area contributed by atoms with Crippen LogP contribution in [0.5, 0.6) is 0 Å². The van der Waals surface area contributed by atoms with E-state index >= 15 is 0 Å². The van der Waals surface area contributed by atoms with E-state index in [0.29, 0.717) is 0 Å². The molecule has 3 heterocycles. The third-order valence-corrected chi connectivity index (χ3v) is 5.52. The molecule has 1 aromatic carbocycles. The fraction of sp³-hybridized carbons (Fsp3) is 0.300. The summed E-state index contributed by atoms with van der Waals surface area (Å²) in [5.41, 5.74) is 4.54. The van der Waals surface area contributed by atoms with Gasteiger partial charge in [0.2, 0.25) is 0 Å². The van der Waals surface area contributed by atoms with E-state index < -0.39 is 15.6 Å². The van der Waals surface area contributed by atoms with Crippen molar-refractivity contribution in [2.24, 2.45) is 0 Å². The monoisotopic (exact) mass is 828 g/mol. The average Bonchev–Trinajstić information content (AvgIpc) is 2.99. The molecule has 0 unspecified atom stereocenters. The van der Waals surface area contributed by atoms with Crippen LogP contribution in [0.15, 0.2) is 104 Å². The molecule has 21 heteroatoms. The number of pyridine rings is 3. The van der Waals surface area contributed by atoms with Gasteiger partial charge >= 0.3 is 83.0 Å². The summed E-state index contributed by atoms with van der Waals surface area (Å²) in [6, 6.07) is 28.9. The van der Waals surface area contributed by atoms with Gasteiger partial charge in [-0.1, -0.05) is 61.9 Å². The van der Waals surface area contributed by atoms with Crippen LogP contribution < -0.4 is 5.11 Å². The summed E-state index contributed by atoms with van der Waals surface area (Å²) in [6.45, 7) is 7.06. The molecule has 0 aliphatic carbocycles. The summed E-state index contributed by atoms with van der Waals surface area (Å²) in [5.74, 6) is 0. The summed E-state index contributed by atoms with van der Waals surface area (Å²) in [4.78, 5) is 18.5. The SMILES string of the molecule is CCC[O-].F[P-](F)(F)(F)(F)F.F[P-](F)(F)(F)(F)F.[Fe+5].c1ccc(CN(CCN(Cc2ccccn2)Cc2ccccn2)Cc2ccccn2)cc1. The van der Waals surface area contributed by atoms with E-state index in [1.807, 2.05) is 55.8 Å². The summed E-state index contributed by atoms with van der Waals surface area (Å²) >= 11 is 0. The van der Waals surface area contributed by atoms with Gasteiger partial charge in [0.1, 0.15) is 0 Å². The maximum Gasteiger partial charge on any atom is 5.00 e. The number of hydrogen-bond donors (Lipinski definition) is 0. The van der Waals surface area contributed by atoms with Gasteiger partial charge in [-0.15, -0.1) is 6.61 Å². The molecule has 1 radical (unpaired) electrons. The molecule has 0 fully saturated rings. The van der Waals surface area contributed by atoms with E-state index in [4.69, 9.17) is 0 Å². The van der Waals surface area contributed by atoms with E-state index in [1.54, 1.807) is 0 Å². The molecular formula is C30H36F12FeN5OP2+2. The summed E-state index contributed by atoms with van der Waals surface area (Å²) < 4.78 is 118. The van der Waals surface area contributed by atoms with Crippen molar-refractivity contribution < 1.29 is 72.5 Å². The van der Waals surface area contributed by atoms with Gasteiger partial charge in [-0.25, -0.2) is 0 Å². The minimum Gasteiger partial charge on any atom is -0.292 e. The first-order valence-corrected chi connectivity index (χ1v) is 18.6. The van der Waals surface area contributed by atoms with Gasteiger partial charge in [-0.05, 0) is 42.0 Å². The van der Waals surface area contributed by atoms with Crippen LogP contribution in [0.4, 0.5) is 50.4 Å². The first-order valence-electron chi connectivity index (χ1n) is 14.6. The molecule has 4 rings (SSSR count). The maximum absolute atomic E-state index is 10.7. The summed E-state index contributed by atoms with van der Waals surface area (Å²) in [7, 11) is -21.3. The van der Waals surface area contributed by atoms with Crippen LogP contribution in [0.2, 0.25) is 0 Å². The zero-order valence-electron chi connectivity index (χ0n) is 26.9. The molecule has 0 atom stereocenters. The second-order valence-corrected chi connectivity index (χ2v) is 14.3. The van der Waals surface area contributed by atoms with Crippen molar-refractivity contribution in [2.75, 3.05) is 19.7 Å². The topological polar surface area (TPSA) is 68.2 Å². The average molecular weight is 828 g/mol. The Hall–Kier alpha value is -2.91. The van der Waals surface area contributed by atoms with Gasteiger partial charge in [0.05, 0.1) is 17.1 Å². The van der Waals surface area contributed by atoms with Crippen LogP contribution in [-0.2, 0) is 43.2 Å². The summed E-state index contributed by atoms with van der Waals surface area (Å²) in [6.07, 6.45) is 6.35. The van der Waals surface area contributed by atoms with E-state index in [1.165, 1.54) is 5.56 Å². The molecule has 0 aliphatic heterocycles. The Labute approximate surface area is 297 Å². The van der Waals surface area contributed by atoms with E-state index in [2.05, 4.69) is 79.3 Å². The van der Waals surface area contributed by atoms with E-state index in [0.717, 1.165) is 62.8 Å². The standard InChI is InChI=1S/C27H29N5.C3H7O.2F6P.Fe/c1-2-10-24(11-3-1)20-31(21-25-12-4-7-15-28-25)18-19-32(22-26-13-5-8-16-29-26)23-27-14-6-9-17-30-27;1-2-3-4;2*1-7(2,3,4,5)6;/h1-17H,18-23H2;2-3H2,1H3;;;/q;3*-1;+5. The second-order valence-electron chi connectivity index (χ2n) is 10.5. The van der Waals surface area contributed by atoms with Crippen LogP contribution >= 0.6 is 15.6 Å². The molecular weight excluding hydrogens is 792 g/mol. The first-order chi connectivity index (χ1) is 22.7. The Bertz CT molecular complexity index is 1290. The van der Waals surface area contributed by atoms with E-state index in [-0.39, 0.29) is 23.7 Å². The number of rotatable bonds is 12. The fourth-order valence-electron chi connectivity index (χ4n) is 3.71. The predicted molar refractivity (Wildman–Crippen MR) is 170 cm³/mol. The molecule has 0 N–H and O–H groups in total. The Morgan fingerprint density at radius 1 is 0.490 bits per heavy atom. The Morgan fingerprint density at radius 3 is 1.02 bits per heavy atom. The minimum absolute atomic E-state index is 0. The van der Waals surface area contributed by atoms with Crippen LogP contribution in [-0.4, -0.2) is 44.4 Å². The Balaban J connectivity index is 0.00000109. The molecule has 287 valence electrons. The Kier molecular flexibility index (Phi) is 17.7. The van der Waals surface area contributed by atoms with Crippen LogP contribution in [0.3, 0.4) is 0 Å². The normalized spacial score (nSPS) is 14.0. The number of halogens is 12. The second kappa shape index (κ2) is 18.7. The maximum atomic E-state index is 9.87. The molecule has 51 heavy (non-hydrogen) atoms. The number of aromatic nitrogens is 3. The minimum atomic E-state index is -10.7. The number of nitrogens with zero attached hydrogens (tertiary/aromatic N) is 5.